The summed E-state index contributed by atoms with van der Waals surface area (Å²) in [4.78, 5) is 14.3. The van der Waals surface area contributed by atoms with E-state index in [-0.39, 0.29) is 17.9 Å². The van der Waals surface area contributed by atoms with E-state index >= 15 is 0 Å². The van der Waals surface area contributed by atoms with Gasteiger partial charge in [-0.05, 0) is 53.4 Å². The average molecular weight is 395 g/mol. The fourth-order valence-electron chi connectivity index (χ4n) is 3.66. The highest BCUT2D eigenvalue weighted by molar-refractivity contribution is 5.70. The Labute approximate surface area is 167 Å². The van der Waals surface area contributed by atoms with Gasteiger partial charge < -0.3 is 9.84 Å². The summed E-state index contributed by atoms with van der Waals surface area (Å²) >= 11 is 0. The number of benzene rings is 3. The minimum absolute atomic E-state index is 0.0774. The van der Waals surface area contributed by atoms with E-state index in [1.165, 1.54) is 23.1 Å². The molecule has 148 valence electrons. The first-order chi connectivity index (χ1) is 14.0. The molecule has 6 heteroatoms. The summed E-state index contributed by atoms with van der Waals surface area (Å²) in [5.41, 5.74) is 2.36. The van der Waals surface area contributed by atoms with Crippen LogP contribution in [-0.4, -0.2) is 22.6 Å². The van der Waals surface area contributed by atoms with Crippen LogP contribution in [0.15, 0.2) is 66.7 Å². The normalized spacial score (nSPS) is 15.7. The van der Waals surface area contributed by atoms with E-state index in [1.807, 2.05) is 30.3 Å². The summed E-state index contributed by atoms with van der Waals surface area (Å²) in [7, 11) is 0. The summed E-state index contributed by atoms with van der Waals surface area (Å²) in [5.74, 6) is -1.20. The molecule has 1 amide bonds. The molecular weight excluding hydrogens is 376 g/mol. The summed E-state index contributed by atoms with van der Waals surface area (Å²) in [6.45, 7) is 0.376. The zero-order chi connectivity index (χ0) is 20.4. The molecular formula is C23H19F2NO3. The SMILES string of the molecule is O=C(OCc1ccccc1)N1CCc2ccc(F)cc2C1c1cc(F)ccc1O. The van der Waals surface area contributed by atoms with Gasteiger partial charge in [0.25, 0.3) is 0 Å². The number of phenolic OH excluding ortho intramolecular Hbond substituents is 1. The molecule has 1 N–H and O–H groups in total. The van der Waals surface area contributed by atoms with E-state index < -0.39 is 23.8 Å². The lowest BCUT2D eigenvalue weighted by molar-refractivity contribution is 0.0832. The van der Waals surface area contributed by atoms with E-state index in [1.54, 1.807) is 6.07 Å². The van der Waals surface area contributed by atoms with E-state index in [4.69, 9.17) is 4.74 Å². The van der Waals surface area contributed by atoms with Crippen molar-refractivity contribution in [1.29, 1.82) is 0 Å². The van der Waals surface area contributed by atoms with Crippen LogP contribution in [-0.2, 0) is 17.8 Å². The third-order valence-electron chi connectivity index (χ3n) is 5.06. The fraction of sp³-hybridized carbons (Fsp3) is 0.174. The van der Waals surface area contributed by atoms with Crippen molar-refractivity contribution in [3.63, 3.8) is 0 Å². The Bertz CT molecular complexity index is 1040. The van der Waals surface area contributed by atoms with Crippen LogP contribution in [0.3, 0.4) is 0 Å². The standard InChI is InChI=1S/C23H19F2NO3/c24-17-7-6-16-10-11-26(23(28)29-14-15-4-2-1-3-5-15)22(19(16)12-17)20-13-18(25)8-9-21(20)27/h1-9,12-13,22,27H,10-11,14H2. The van der Waals surface area contributed by atoms with Gasteiger partial charge in [-0.25, -0.2) is 13.6 Å². The molecule has 0 saturated heterocycles. The Kier molecular flexibility index (Phi) is 5.16. The molecule has 3 aromatic rings. The minimum atomic E-state index is -0.853. The van der Waals surface area contributed by atoms with Gasteiger partial charge >= 0.3 is 6.09 Å². The lowest BCUT2D eigenvalue weighted by atomic mass is 9.88. The molecule has 3 aromatic carbocycles. The smallest absolute Gasteiger partial charge is 0.410 e. The zero-order valence-electron chi connectivity index (χ0n) is 15.5. The first-order valence-electron chi connectivity index (χ1n) is 9.27. The highest BCUT2D eigenvalue weighted by Gasteiger charge is 2.35. The van der Waals surface area contributed by atoms with Gasteiger partial charge in [0.15, 0.2) is 0 Å². The Morgan fingerprint density at radius 1 is 1.00 bits per heavy atom. The number of carbonyl (C=O) groups is 1. The number of phenols is 1. The van der Waals surface area contributed by atoms with Crippen molar-refractivity contribution < 1.29 is 23.4 Å². The van der Waals surface area contributed by atoms with Gasteiger partial charge in [-0.1, -0.05) is 36.4 Å². The topological polar surface area (TPSA) is 49.8 Å². The molecule has 1 aliphatic rings. The average Bonchev–Trinajstić information content (AvgIpc) is 2.73. The Morgan fingerprint density at radius 3 is 2.45 bits per heavy atom. The fourth-order valence-corrected chi connectivity index (χ4v) is 3.66. The maximum Gasteiger partial charge on any atom is 0.410 e. The van der Waals surface area contributed by atoms with Gasteiger partial charge in [-0.15, -0.1) is 0 Å². The second-order valence-electron chi connectivity index (χ2n) is 6.93. The molecule has 29 heavy (non-hydrogen) atoms. The maximum atomic E-state index is 14.0. The Hall–Kier alpha value is -3.41. The minimum Gasteiger partial charge on any atom is -0.508 e. The molecule has 4 rings (SSSR count). The van der Waals surface area contributed by atoms with E-state index in [0.717, 1.165) is 23.3 Å². The van der Waals surface area contributed by atoms with Crippen LogP contribution in [0.5, 0.6) is 5.75 Å². The Morgan fingerprint density at radius 2 is 1.69 bits per heavy atom. The Balaban J connectivity index is 1.70. The van der Waals surface area contributed by atoms with Gasteiger partial charge in [-0.3, -0.25) is 4.90 Å². The van der Waals surface area contributed by atoms with Crippen molar-refractivity contribution in [3.8, 4) is 5.75 Å². The van der Waals surface area contributed by atoms with Crippen molar-refractivity contribution >= 4 is 6.09 Å². The van der Waals surface area contributed by atoms with Crippen LogP contribution in [0.25, 0.3) is 0 Å². The quantitative estimate of drug-likeness (QED) is 0.682. The van der Waals surface area contributed by atoms with Crippen molar-refractivity contribution in [2.45, 2.75) is 19.1 Å². The van der Waals surface area contributed by atoms with Crippen LogP contribution in [0.1, 0.15) is 28.3 Å². The predicted octanol–water partition coefficient (Wildman–Crippen LogP) is 4.95. The van der Waals surface area contributed by atoms with Gasteiger partial charge in [0, 0.05) is 12.1 Å². The van der Waals surface area contributed by atoms with Crippen LogP contribution < -0.4 is 0 Å². The molecule has 1 unspecified atom stereocenters. The predicted molar refractivity (Wildman–Crippen MR) is 103 cm³/mol. The number of nitrogens with zero attached hydrogens (tertiary/aromatic N) is 1. The molecule has 4 nitrogen and oxygen atoms in total. The molecule has 0 spiro atoms. The zero-order valence-corrected chi connectivity index (χ0v) is 15.5. The number of amides is 1. The highest BCUT2D eigenvalue weighted by atomic mass is 19.1. The number of aromatic hydroxyl groups is 1. The van der Waals surface area contributed by atoms with Gasteiger partial charge in [0.05, 0.1) is 6.04 Å². The number of carbonyl (C=O) groups excluding carboxylic acids is 1. The molecule has 0 bridgehead atoms. The summed E-state index contributed by atoms with van der Waals surface area (Å²) in [6, 6.07) is 16.2. The number of fused-ring (bicyclic) bond motifs is 1. The molecule has 0 saturated carbocycles. The van der Waals surface area contributed by atoms with E-state index in [0.29, 0.717) is 18.5 Å². The van der Waals surface area contributed by atoms with Crippen molar-refractivity contribution in [3.05, 3.63) is 101 Å². The number of halogens is 2. The van der Waals surface area contributed by atoms with Crippen LogP contribution in [0.4, 0.5) is 13.6 Å². The van der Waals surface area contributed by atoms with Crippen molar-refractivity contribution in [2.75, 3.05) is 6.54 Å². The molecule has 1 heterocycles. The van der Waals surface area contributed by atoms with E-state index in [9.17, 15) is 18.7 Å². The third kappa shape index (κ3) is 3.92. The number of ether oxygens (including phenoxy) is 1. The summed E-state index contributed by atoms with van der Waals surface area (Å²) in [5, 5.41) is 10.4. The first-order valence-corrected chi connectivity index (χ1v) is 9.27. The van der Waals surface area contributed by atoms with Crippen molar-refractivity contribution in [2.24, 2.45) is 0 Å². The molecule has 0 aliphatic carbocycles. The number of hydrogen-bond acceptors (Lipinski definition) is 3. The highest BCUT2D eigenvalue weighted by Crippen LogP contribution is 2.39. The van der Waals surface area contributed by atoms with E-state index in [2.05, 4.69) is 0 Å². The van der Waals surface area contributed by atoms with Crippen molar-refractivity contribution in [1.82, 2.24) is 4.90 Å². The lowest BCUT2D eigenvalue weighted by Crippen LogP contribution is -2.41. The molecule has 0 radical (unpaired) electrons. The second kappa shape index (κ2) is 7.91. The van der Waals surface area contributed by atoms with Gasteiger partial charge in [0.2, 0.25) is 0 Å². The van der Waals surface area contributed by atoms with Crippen LogP contribution in [0, 0.1) is 11.6 Å². The molecule has 0 fully saturated rings. The third-order valence-corrected chi connectivity index (χ3v) is 5.06. The first kappa shape index (κ1) is 18.9. The van der Waals surface area contributed by atoms with Crippen LogP contribution in [0.2, 0.25) is 0 Å². The van der Waals surface area contributed by atoms with Gasteiger partial charge in [-0.2, -0.15) is 0 Å². The summed E-state index contributed by atoms with van der Waals surface area (Å²) < 4.78 is 33.4. The monoisotopic (exact) mass is 395 g/mol. The number of rotatable bonds is 3. The molecule has 1 aliphatic heterocycles. The summed E-state index contributed by atoms with van der Waals surface area (Å²) in [6.07, 6.45) is -0.111. The van der Waals surface area contributed by atoms with Gasteiger partial charge in [0.1, 0.15) is 24.0 Å². The number of hydrogen-bond donors (Lipinski definition) is 1. The maximum absolute atomic E-state index is 14.0. The van der Waals surface area contributed by atoms with Crippen LogP contribution >= 0.6 is 0 Å². The molecule has 0 aromatic heterocycles. The second-order valence-corrected chi connectivity index (χ2v) is 6.93. The lowest BCUT2D eigenvalue weighted by Gasteiger charge is -2.37. The molecule has 1 atom stereocenters. The largest absolute Gasteiger partial charge is 0.508 e.